The summed E-state index contributed by atoms with van der Waals surface area (Å²) in [5, 5.41) is 5.61. The molecule has 1 saturated heterocycles. The van der Waals surface area contributed by atoms with E-state index in [0.29, 0.717) is 24.8 Å². The Balaban J connectivity index is 1.30. The number of pyridine rings is 1. The summed E-state index contributed by atoms with van der Waals surface area (Å²) >= 11 is 0. The van der Waals surface area contributed by atoms with Crippen LogP contribution in [0.15, 0.2) is 67.0 Å². The van der Waals surface area contributed by atoms with Crippen LogP contribution in [0.5, 0.6) is 0 Å². The van der Waals surface area contributed by atoms with Crippen LogP contribution in [0.1, 0.15) is 37.3 Å². The van der Waals surface area contributed by atoms with Crippen molar-refractivity contribution in [1.82, 2.24) is 15.2 Å². The van der Waals surface area contributed by atoms with Gasteiger partial charge in [0.05, 0.1) is 0 Å². The number of nitrogens with zero attached hydrogens (tertiary/aromatic N) is 2. The minimum absolute atomic E-state index is 0.175. The Hall–Kier alpha value is -2.72. The van der Waals surface area contributed by atoms with E-state index in [1.807, 2.05) is 12.4 Å². The Morgan fingerprint density at radius 1 is 1.07 bits per heavy atom. The molecule has 1 fully saturated rings. The van der Waals surface area contributed by atoms with Gasteiger partial charge in [-0.3, -0.25) is 14.7 Å². The summed E-state index contributed by atoms with van der Waals surface area (Å²) in [4.78, 5) is 19.4. The molecule has 2 heterocycles. The SMILES string of the molecule is CC[C@H]1CN(Cc2ccncc2)CC[C@H]1CC(=O)NCc1cccc2ccccc12. The van der Waals surface area contributed by atoms with Crippen molar-refractivity contribution in [3.05, 3.63) is 78.1 Å². The molecule has 4 heteroatoms. The van der Waals surface area contributed by atoms with E-state index in [4.69, 9.17) is 0 Å². The Morgan fingerprint density at radius 2 is 1.87 bits per heavy atom. The third-order valence-corrected chi connectivity index (χ3v) is 6.46. The lowest BCUT2D eigenvalue weighted by Gasteiger charge is -2.38. The van der Waals surface area contributed by atoms with Gasteiger partial charge >= 0.3 is 0 Å². The zero-order valence-electron chi connectivity index (χ0n) is 17.8. The number of fused-ring (bicyclic) bond motifs is 1. The average molecular weight is 402 g/mol. The molecule has 2 atom stereocenters. The van der Waals surface area contributed by atoms with Gasteiger partial charge in [-0.25, -0.2) is 0 Å². The highest BCUT2D eigenvalue weighted by Crippen LogP contribution is 2.30. The maximum Gasteiger partial charge on any atom is 0.220 e. The number of hydrogen-bond donors (Lipinski definition) is 1. The van der Waals surface area contributed by atoms with E-state index in [2.05, 4.69) is 76.7 Å². The van der Waals surface area contributed by atoms with Crippen LogP contribution in [0.2, 0.25) is 0 Å². The molecule has 30 heavy (non-hydrogen) atoms. The van der Waals surface area contributed by atoms with Crippen LogP contribution >= 0.6 is 0 Å². The third-order valence-electron chi connectivity index (χ3n) is 6.46. The van der Waals surface area contributed by atoms with Crippen molar-refractivity contribution in [2.24, 2.45) is 11.8 Å². The van der Waals surface area contributed by atoms with Gasteiger partial charge in [0, 0.05) is 38.4 Å². The molecule has 0 saturated carbocycles. The fraction of sp³-hybridized carbons (Fsp3) is 0.385. The molecular formula is C26H31N3O. The summed E-state index contributed by atoms with van der Waals surface area (Å²) in [5.41, 5.74) is 2.49. The zero-order valence-corrected chi connectivity index (χ0v) is 17.8. The number of amides is 1. The maximum absolute atomic E-state index is 12.7. The van der Waals surface area contributed by atoms with Gasteiger partial charge in [0.25, 0.3) is 0 Å². The van der Waals surface area contributed by atoms with Crippen molar-refractivity contribution in [3.8, 4) is 0 Å². The van der Waals surface area contributed by atoms with Gasteiger partial charge in [0.1, 0.15) is 0 Å². The number of piperidine rings is 1. The fourth-order valence-corrected chi connectivity index (χ4v) is 4.73. The summed E-state index contributed by atoms with van der Waals surface area (Å²) in [6.07, 6.45) is 6.56. The van der Waals surface area contributed by atoms with E-state index in [1.165, 1.54) is 21.9 Å². The number of rotatable bonds is 7. The molecule has 3 aromatic rings. The van der Waals surface area contributed by atoms with Gasteiger partial charge < -0.3 is 5.32 Å². The monoisotopic (exact) mass is 401 g/mol. The fourth-order valence-electron chi connectivity index (χ4n) is 4.73. The third kappa shape index (κ3) is 5.06. The van der Waals surface area contributed by atoms with E-state index >= 15 is 0 Å². The standard InChI is InChI=1S/C26H31N3O/c1-2-21-19-29(18-20-10-13-27-14-11-20)15-12-23(21)16-26(30)28-17-24-8-5-7-22-6-3-4-9-25(22)24/h3-11,13-14,21,23H,2,12,15-19H2,1H3,(H,28,30)/t21-,23-/m0/s1. The molecule has 0 aliphatic carbocycles. The molecule has 1 aromatic heterocycles. The molecule has 0 bridgehead atoms. The summed E-state index contributed by atoms with van der Waals surface area (Å²) in [6, 6.07) is 18.8. The quantitative estimate of drug-likeness (QED) is 0.619. The molecule has 1 N–H and O–H groups in total. The number of carbonyl (C=O) groups is 1. The second-order valence-electron chi connectivity index (χ2n) is 8.43. The van der Waals surface area contributed by atoms with Crippen LogP contribution < -0.4 is 5.32 Å². The van der Waals surface area contributed by atoms with Crippen molar-refractivity contribution >= 4 is 16.7 Å². The lowest BCUT2D eigenvalue weighted by atomic mass is 9.81. The Labute approximate surface area is 179 Å². The first-order valence-electron chi connectivity index (χ1n) is 11.1. The van der Waals surface area contributed by atoms with Gasteiger partial charge in [0.15, 0.2) is 0 Å². The van der Waals surface area contributed by atoms with Crippen LogP contribution in [0.4, 0.5) is 0 Å². The predicted octanol–water partition coefficient (Wildman–Crippen LogP) is 4.79. The summed E-state index contributed by atoms with van der Waals surface area (Å²) in [6.45, 7) is 5.94. The molecule has 0 unspecified atom stereocenters. The lowest BCUT2D eigenvalue weighted by Crippen LogP contribution is -2.41. The molecule has 0 spiro atoms. The average Bonchev–Trinajstić information content (AvgIpc) is 2.79. The Morgan fingerprint density at radius 3 is 2.70 bits per heavy atom. The first kappa shape index (κ1) is 20.5. The predicted molar refractivity (Wildman–Crippen MR) is 122 cm³/mol. The van der Waals surface area contributed by atoms with Crippen molar-refractivity contribution in [3.63, 3.8) is 0 Å². The van der Waals surface area contributed by atoms with Crippen LogP contribution in [0.25, 0.3) is 10.8 Å². The highest BCUT2D eigenvalue weighted by Gasteiger charge is 2.29. The number of aromatic nitrogens is 1. The van der Waals surface area contributed by atoms with E-state index in [9.17, 15) is 4.79 Å². The van der Waals surface area contributed by atoms with Gasteiger partial charge in [-0.1, -0.05) is 55.8 Å². The minimum Gasteiger partial charge on any atom is -0.352 e. The summed E-state index contributed by atoms with van der Waals surface area (Å²) in [7, 11) is 0. The Kier molecular flexibility index (Phi) is 6.75. The smallest absolute Gasteiger partial charge is 0.220 e. The van der Waals surface area contributed by atoms with Crippen LogP contribution in [-0.4, -0.2) is 28.9 Å². The maximum atomic E-state index is 12.7. The van der Waals surface area contributed by atoms with Gasteiger partial charge in [-0.05, 0) is 58.8 Å². The van der Waals surface area contributed by atoms with E-state index in [-0.39, 0.29) is 5.91 Å². The first-order valence-corrected chi connectivity index (χ1v) is 11.1. The molecule has 0 radical (unpaired) electrons. The van der Waals surface area contributed by atoms with Crippen molar-refractivity contribution in [1.29, 1.82) is 0 Å². The lowest BCUT2D eigenvalue weighted by molar-refractivity contribution is -0.123. The zero-order chi connectivity index (χ0) is 20.8. The molecule has 1 aliphatic rings. The number of benzene rings is 2. The van der Waals surface area contributed by atoms with Gasteiger partial charge in [-0.2, -0.15) is 0 Å². The van der Waals surface area contributed by atoms with Crippen molar-refractivity contribution in [2.75, 3.05) is 13.1 Å². The summed E-state index contributed by atoms with van der Waals surface area (Å²) in [5.74, 6) is 1.22. The second-order valence-corrected chi connectivity index (χ2v) is 8.43. The number of likely N-dealkylation sites (tertiary alicyclic amines) is 1. The molecule has 156 valence electrons. The van der Waals surface area contributed by atoms with Gasteiger partial charge in [0.2, 0.25) is 5.91 Å². The first-order chi connectivity index (χ1) is 14.7. The van der Waals surface area contributed by atoms with Crippen LogP contribution in [0.3, 0.4) is 0 Å². The molecule has 1 aliphatic heterocycles. The molecule has 1 amide bonds. The normalized spacial score (nSPS) is 19.6. The molecule has 4 rings (SSSR count). The van der Waals surface area contributed by atoms with Gasteiger partial charge in [-0.15, -0.1) is 0 Å². The molecular weight excluding hydrogens is 370 g/mol. The molecule has 4 nitrogen and oxygen atoms in total. The highest BCUT2D eigenvalue weighted by molar-refractivity contribution is 5.86. The topological polar surface area (TPSA) is 45.2 Å². The van der Waals surface area contributed by atoms with E-state index in [0.717, 1.165) is 32.5 Å². The van der Waals surface area contributed by atoms with E-state index in [1.54, 1.807) is 0 Å². The van der Waals surface area contributed by atoms with Crippen molar-refractivity contribution < 1.29 is 4.79 Å². The summed E-state index contributed by atoms with van der Waals surface area (Å²) < 4.78 is 0. The van der Waals surface area contributed by atoms with E-state index < -0.39 is 0 Å². The molecule has 2 aromatic carbocycles. The number of hydrogen-bond acceptors (Lipinski definition) is 3. The Bertz CT molecular complexity index is 967. The largest absolute Gasteiger partial charge is 0.352 e. The highest BCUT2D eigenvalue weighted by atomic mass is 16.1. The number of carbonyl (C=O) groups excluding carboxylic acids is 1. The second kappa shape index (κ2) is 9.86. The number of nitrogens with one attached hydrogen (secondary N) is 1. The van der Waals surface area contributed by atoms with Crippen molar-refractivity contribution in [2.45, 2.75) is 39.3 Å². The van der Waals surface area contributed by atoms with Crippen LogP contribution in [-0.2, 0) is 17.9 Å². The minimum atomic E-state index is 0.175. The van der Waals surface area contributed by atoms with Crippen LogP contribution in [0, 0.1) is 11.8 Å².